The van der Waals surface area contributed by atoms with Gasteiger partial charge in [-0.2, -0.15) is 0 Å². The number of rotatable bonds is 3. The highest BCUT2D eigenvalue weighted by molar-refractivity contribution is 6.30. The summed E-state index contributed by atoms with van der Waals surface area (Å²) < 4.78 is 13.5. The standard InChI is InChI=1S/C11H8ClFN2O/c12-8-3-1-2-7(10(8)13)6-9(16)11-14-4-5-15-11/h1-5H,6H2,(H,14,15). The molecule has 0 saturated heterocycles. The SMILES string of the molecule is O=C(Cc1cccc(Cl)c1F)c1ncc[nH]1. The van der Waals surface area contributed by atoms with E-state index in [1.54, 1.807) is 12.3 Å². The fraction of sp³-hybridized carbons (Fsp3) is 0.0909. The van der Waals surface area contributed by atoms with Gasteiger partial charge in [0.2, 0.25) is 5.78 Å². The average Bonchev–Trinajstić information content (AvgIpc) is 2.78. The third-order valence-corrected chi connectivity index (χ3v) is 2.44. The van der Waals surface area contributed by atoms with E-state index in [0.717, 1.165) is 0 Å². The summed E-state index contributed by atoms with van der Waals surface area (Å²) in [6, 6.07) is 4.58. The van der Waals surface area contributed by atoms with Gasteiger partial charge in [-0.05, 0) is 11.6 Å². The number of benzene rings is 1. The minimum Gasteiger partial charge on any atom is -0.342 e. The van der Waals surface area contributed by atoms with Crippen molar-refractivity contribution >= 4 is 17.4 Å². The molecule has 5 heteroatoms. The maximum atomic E-state index is 13.5. The number of Topliss-reactive ketones (excluding diaryl/α,β-unsaturated/α-hetero) is 1. The van der Waals surface area contributed by atoms with Crippen molar-refractivity contribution in [1.29, 1.82) is 0 Å². The molecule has 0 unspecified atom stereocenters. The maximum Gasteiger partial charge on any atom is 0.202 e. The lowest BCUT2D eigenvalue weighted by atomic mass is 10.1. The minimum absolute atomic E-state index is 0.0183. The van der Waals surface area contributed by atoms with Gasteiger partial charge in [0.05, 0.1) is 5.02 Å². The predicted molar refractivity (Wildman–Crippen MR) is 58.0 cm³/mol. The zero-order chi connectivity index (χ0) is 11.5. The molecule has 0 fully saturated rings. The molecule has 0 saturated carbocycles. The Morgan fingerprint density at radius 3 is 3.00 bits per heavy atom. The average molecular weight is 239 g/mol. The molecule has 3 nitrogen and oxygen atoms in total. The Hall–Kier alpha value is -1.68. The van der Waals surface area contributed by atoms with E-state index < -0.39 is 5.82 Å². The predicted octanol–water partition coefficient (Wildman–Crippen LogP) is 2.63. The number of imidazole rings is 1. The second kappa shape index (κ2) is 4.45. The number of halogens is 2. The van der Waals surface area contributed by atoms with Crippen LogP contribution in [0, 0.1) is 5.82 Å². The molecule has 0 aliphatic heterocycles. The van der Waals surface area contributed by atoms with Crippen LogP contribution in [0.3, 0.4) is 0 Å². The molecule has 0 aliphatic rings. The second-order valence-electron chi connectivity index (χ2n) is 3.25. The number of aromatic nitrogens is 2. The van der Waals surface area contributed by atoms with Crippen LogP contribution in [0.15, 0.2) is 30.6 Å². The van der Waals surface area contributed by atoms with Crippen LogP contribution in [-0.4, -0.2) is 15.8 Å². The van der Waals surface area contributed by atoms with Crippen molar-refractivity contribution < 1.29 is 9.18 Å². The van der Waals surface area contributed by atoms with Gasteiger partial charge in [-0.1, -0.05) is 23.7 Å². The normalized spacial score (nSPS) is 10.4. The third-order valence-electron chi connectivity index (χ3n) is 2.14. The molecule has 1 heterocycles. The molecule has 2 rings (SSSR count). The summed E-state index contributed by atoms with van der Waals surface area (Å²) >= 11 is 5.61. The van der Waals surface area contributed by atoms with Crippen LogP contribution < -0.4 is 0 Å². The van der Waals surface area contributed by atoms with E-state index in [1.807, 2.05) is 0 Å². The lowest BCUT2D eigenvalue weighted by Gasteiger charge is -2.02. The molecular weight excluding hydrogens is 231 g/mol. The van der Waals surface area contributed by atoms with Gasteiger partial charge in [-0.15, -0.1) is 0 Å². The lowest BCUT2D eigenvalue weighted by molar-refractivity contribution is 0.0983. The van der Waals surface area contributed by atoms with Crippen LogP contribution in [0.2, 0.25) is 5.02 Å². The van der Waals surface area contributed by atoms with E-state index in [1.165, 1.54) is 18.3 Å². The quantitative estimate of drug-likeness (QED) is 0.836. The number of hydrogen-bond donors (Lipinski definition) is 1. The van der Waals surface area contributed by atoms with Gasteiger partial charge < -0.3 is 4.98 Å². The van der Waals surface area contributed by atoms with Crippen LogP contribution in [0.5, 0.6) is 0 Å². The molecule has 0 radical (unpaired) electrons. The minimum atomic E-state index is -0.552. The highest BCUT2D eigenvalue weighted by Crippen LogP contribution is 2.18. The van der Waals surface area contributed by atoms with E-state index >= 15 is 0 Å². The molecule has 1 aromatic heterocycles. The van der Waals surface area contributed by atoms with Crippen LogP contribution in [0.4, 0.5) is 4.39 Å². The summed E-state index contributed by atoms with van der Waals surface area (Å²) in [6.07, 6.45) is 2.96. The highest BCUT2D eigenvalue weighted by atomic mass is 35.5. The van der Waals surface area contributed by atoms with Crippen molar-refractivity contribution in [2.45, 2.75) is 6.42 Å². The molecule has 0 amide bonds. The van der Waals surface area contributed by atoms with Crippen LogP contribution in [-0.2, 0) is 6.42 Å². The Balaban J connectivity index is 2.22. The fourth-order valence-corrected chi connectivity index (χ4v) is 1.55. The number of nitrogens with zero attached hydrogens (tertiary/aromatic N) is 1. The number of carbonyl (C=O) groups excluding carboxylic acids is 1. The first-order valence-corrected chi connectivity index (χ1v) is 5.01. The van der Waals surface area contributed by atoms with E-state index in [-0.39, 0.29) is 28.6 Å². The first-order valence-electron chi connectivity index (χ1n) is 4.64. The van der Waals surface area contributed by atoms with Crippen molar-refractivity contribution in [2.75, 3.05) is 0 Å². The number of H-pyrrole nitrogens is 1. The van der Waals surface area contributed by atoms with Gasteiger partial charge >= 0.3 is 0 Å². The molecule has 2 aromatic rings. The van der Waals surface area contributed by atoms with Crippen LogP contribution in [0.25, 0.3) is 0 Å². The molecule has 0 bridgehead atoms. The summed E-state index contributed by atoms with van der Waals surface area (Å²) in [7, 11) is 0. The summed E-state index contributed by atoms with van der Waals surface area (Å²) in [4.78, 5) is 18.1. The first-order chi connectivity index (χ1) is 7.68. The molecule has 1 aromatic carbocycles. The van der Waals surface area contributed by atoms with Crippen molar-refractivity contribution in [3.8, 4) is 0 Å². The molecule has 82 valence electrons. The first kappa shape index (κ1) is 10.8. The largest absolute Gasteiger partial charge is 0.342 e. The Labute approximate surface area is 96.3 Å². The maximum absolute atomic E-state index is 13.5. The monoisotopic (exact) mass is 238 g/mol. The molecule has 1 N–H and O–H groups in total. The van der Waals surface area contributed by atoms with E-state index in [0.29, 0.717) is 0 Å². The topological polar surface area (TPSA) is 45.8 Å². The number of hydrogen-bond acceptors (Lipinski definition) is 2. The van der Waals surface area contributed by atoms with Crippen molar-refractivity contribution in [3.05, 3.63) is 52.8 Å². The smallest absolute Gasteiger partial charge is 0.202 e. The summed E-state index contributed by atoms with van der Waals surface area (Å²) in [5.74, 6) is -0.602. The molecular formula is C11H8ClFN2O. The van der Waals surface area contributed by atoms with Gasteiger partial charge in [0.15, 0.2) is 5.82 Å². The molecule has 0 atom stereocenters. The Bertz CT molecular complexity index is 511. The Kier molecular flexibility index (Phi) is 3.01. The van der Waals surface area contributed by atoms with E-state index in [9.17, 15) is 9.18 Å². The van der Waals surface area contributed by atoms with E-state index in [4.69, 9.17) is 11.6 Å². The summed E-state index contributed by atoms with van der Waals surface area (Å²) in [6.45, 7) is 0. The van der Waals surface area contributed by atoms with Gasteiger partial charge in [0, 0.05) is 18.8 Å². The van der Waals surface area contributed by atoms with Crippen molar-refractivity contribution in [2.24, 2.45) is 0 Å². The molecule has 0 spiro atoms. The van der Waals surface area contributed by atoms with Gasteiger partial charge in [-0.25, -0.2) is 9.37 Å². The number of ketones is 1. The van der Waals surface area contributed by atoms with Crippen LogP contribution >= 0.6 is 11.6 Å². The van der Waals surface area contributed by atoms with E-state index in [2.05, 4.69) is 9.97 Å². The Morgan fingerprint density at radius 1 is 1.50 bits per heavy atom. The van der Waals surface area contributed by atoms with Gasteiger partial charge in [0.1, 0.15) is 5.82 Å². The number of nitrogens with one attached hydrogen (secondary N) is 1. The van der Waals surface area contributed by atoms with Crippen molar-refractivity contribution in [1.82, 2.24) is 9.97 Å². The highest BCUT2D eigenvalue weighted by Gasteiger charge is 2.13. The second-order valence-corrected chi connectivity index (χ2v) is 3.66. The summed E-state index contributed by atoms with van der Waals surface area (Å²) in [5, 5.41) is 0.0183. The third kappa shape index (κ3) is 2.12. The number of carbonyl (C=O) groups is 1. The molecule has 0 aliphatic carbocycles. The Morgan fingerprint density at radius 2 is 2.31 bits per heavy atom. The zero-order valence-corrected chi connectivity index (χ0v) is 8.96. The van der Waals surface area contributed by atoms with Crippen molar-refractivity contribution in [3.63, 3.8) is 0 Å². The number of aromatic amines is 1. The lowest BCUT2D eigenvalue weighted by Crippen LogP contribution is -2.07. The molecule has 16 heavy (non-hydrogen) atoms. The van der Waals surface area contributed by atoms with Gasteiger partial charge in [0.25, 0.3) is 0 Å². The fourth-order valence-electron chi connectivity index (χ4n) is 1.36. The van der Waals surface area contributed by atoms with Gasteiger partial charge in [-0.3, -0.25) is 4.79 Å². The zero-order valence-electron chi connectivity index (χ0n) is 8.21. The summed E-state index contributed by atoms with van der Waals surface area (Å²) in [5.41, 5.74) is 0.272. The van der Waals surface area contributed by atoms with Crippen LogP contribution in [0.1, 0.15) is 16.2 Å².